The van der Waals surface area contributed by atoms with Crippen LogP contribution in [0.4, 0.5) is 4.79 Å². The summed E-state index contributed by atoms with van der Waals surface area (Å²) in [5.74, 6) is -0.786. The number of rotatable bonds is 5. The smallest absolute Gasteiger partial charge is 0.408 e. The molecule has 0 aliphatic carbocycles. The van der Waals surface area contributed by atoms with Crippen LogP contribution in [0.2, 0.25) is 10.0 Å². The van der Waals surface area contributed by atoms with Crippen LogP contribution in [0, 0.1) is 5.92 Å². The number of carbonyl (C=O) groups is 2. The van der Waals surface area contributed by atoms with Crippen LogP contribution in [0.1, 0.15) is 41.0 Å². The molecule has 1 aromatic rings. The van der Waals surface area contributed by atoms with Gasteiger partial charge >= 0.3 is 6.09 Å². The fraction of sp³-hybridized carbons (Fsp3) is 0.529. The lowest BCUT2D eigenvalue weighted by atomic mass is 10.0. The quantitative estimate of drug-likeness (QED) is 0.719. The average molecular weight is 438 g/mol. The summed E-state index contributed by atoms with van der Waals surface area (Å²) in [6.07, 6.45) is -0.513. The first-order valence-corrected chi connectivity index (χ1v) is 10.6. The van der Waals surface area contributed by atoms with Crippen molar-refractivity contribution in [2.75, 3.05) is 0 Å². The largest absolute Gasteiger partial charge is 0.444 e. The Morgan fingerprint density at radius 1 is 1.30 bits per heavy atom. The summed E-state index contributed by atoms with van der Waals surface area (Å²) in [5, 5.41) is 8.32. The molecule has 7 nitrogen and oxygen atoms in total. The van der Waals surface area contributed by atoms with E-state index in [4.69, 9.17) is 33.1 Å². The lowest BCUT2D eigenvalue weighted by Gasteiger charge is -2.23. The topological polar surface area (TPSA) is 111 Å². The van der Waals surface area contributed by atoms with Gasteiger partial charge in [0.25, 0.3) is 5.91 Å². The standard InChI is InChI=1S/C17H25Cl2N3O4S/c1-10(2)9-12(21-16(24)26-17(3,4)5)15(23)22-27(20,25)13-8-6-7-11(18)14(13)19/h6-8,10,12H,9H2,1-5H3,(H,21,24)(H2,20,22,23,25)/t12-,27?/m0/s1. The van der Waals surface area contributed by atoms with E-state index in [2.05, 4.69) is 9.68 Å². The average Bonchev–Trinajstić information content (AvgIpc) is 2.46. The molecule has 1 rings (SSSR count). The number of hydrogen-bond donors (Lipinski definition) is 2. The van der Waals surface area contributed by atoms with Crippen molar-refractivity contribution >= 4 is 45.1 Å². The molecular formula is C17H25Cl2N3O4S. The van der Waals surface area contributed by atoms with E-state index in [1.807, 2.05) is 13.8 Å². The van der Waals surface area contributed by atoms with Gasteiger partial charge in [-0.15, -0.1) is 4.36 Å². The molecule has 0 fully saturated rings. The predicted octanol–water partition coefficient (Wildman–Crippen LogP) is 4.16. The van der Waals surface area contributed by atoms with E-state index >= 15 is 0 Å². The van der Waals surface area contributed by atoms with Crippen LogP contribution in [0.25, 0.3) is 0 Å². The van der Waals surface area contributed by atoms with E-state index in [0.29, 0.717) is 0 Å². The number of ether oxygens (including phenoxy) is 1. The van der Waals surface area contributed by atoms with Crippen molar-refractivity contribution in [1.29, 1.82) is 0 Å². The third kappa shape index (κ3) is 7.65. The van der Waals surface area contributed by atoms with E-state index < -0.39 is 33.6 Å². The molecule has 2 amide bonds. The first-order chi connectivity index (χ1) is 12.2. The summed E-state index contributed by atoms with van der Waals surface area (Å²) >= 11 is 11.9. The van der Waals surface area contributed by atoms with E-state index in [-0.39, 0.29) is 27.3 Å². The van der Waals surface area contributed by atoms with Gasteiger partial charge in [-0.2, -0.15) is 0 Å². The number of nitrogens with two attached hydrogens (primary N) is 1. The highest BCUT2D eigenvalue weighted by Crippen LogP contribution is 2.29. The van der Waals surface area contributed by atoms with Crippen molar-refractivity contribution in [3.63, 3.8) is 0 Å². The van der Waals surface area contributed by atoms with Crippen LogP contribution in [0.5, 0.6) is 0 Å². The van der Waals surface area contributed by atoms with E-state index in [1.165, 1.54) is 18.2 Å². The second kappa shape index (κ2) is 9.23. The van der Waals surface area contributed by atoms with Crippen LogP contribution >= 0.6 is 23.2 Å². The monoisotopic (exact) mass is 437 g/mol. The number of carbonyl (C=O) groups excluding carboxylic acids is 2. The molecule has 1 unspecified atom stereocenters. The number of hydrogen-bond acceptors (Lipinski definition) is 4. The number of nitrogens with zero attached hydrogens (tertiary/aromatic N) is 1. The fourth-order valence-corrected chi connectivity index (χ4v) is 3.92. The number of halogens is 2. The van der Waals surface area contributed by atoms with Gasteiger partial charge in [-0.05, 0) is 45.2 Å². The fourth-order valence-electron chi connectivity index (χ4n) is 2.10. The number of nitrogens with one attached hydrogen (secondary N) is 1. The maximum absolute atomic E-state index is 12.8. The minimum atomic E-state index is -3.65. The summed E-state index contributed by atoms with van der Waals surface area (Å²) < 4.78 is 21.6. The third-order valence-electron chi connectivity index (χ3n) is 3.15. The predicted molar refractivity (Wildman–Crippen MR) is 107 cm³/mol. The first-order valence-electron chi connectivity index (χ1n) is 8.25. The summed E-state index contributed by atoms with van der Waals surface area (Å²) in [6, 6.07) is 3.34. The molecule has 0 spiro atoms. The van der Waals surface area contributed by atoms with Crippen molar-refractivity contribution in [3.05, 3.63) is 28.2 Å². The summed E-state index contributed by atoms with van der Waals surface area (Å²) in [4.78, 5) is 24.6. The highest BCUT2D eigenvalue weighted by Gasteiger charge is 2.27. The van der Waals surface area contributed by atoms with Gasteiger partial charge in [0.1, 0.15) is 21.6 Å². The van der Waals surface area contributed by atoms with Gasteiger partial charge in [0.15, 0.2) is 0 Å². The summed E-state index contributed by atoms with van der Waals surface area (Å²) in [6.45, 7) is 8.83. The van der Waals surface area contributed by atoms with Crippen molar-refractivity contribution < 1.29 is 18.5 Å². The second-order valence-corrected chi connectivity index (χ2v) is 9.92. The van der Waals surface area contributed by atoms with Gasteiger partial charge in [0.2, 0.25) is 0 Å². The number of benzene rings is 1. The maximum Gasteiger partial charge on any atom is 0.408 e. The lowest BCUT2D eigenvalue weighted by Crippen LogP contribution is -2.44. The van der Waals surface area contributed by atoms with Crippen molar-refractivity contribution in [1.82, 2.24) is 5.32 Å². The highest BCUT2D eigenvalue weighted by molar-refractivity contribution is 7.91. The van der Waals surface area contributed by atoms with Crippen LogP contribution in [0.3, 0.4) is 0 Å². The molecule has 27 heavy (non-hydrogen) atoms. The molecule has 10 heteroatoms. The molecular weight excluding hydrogens is 413 g/mol. The molecule has 0 aromatic heterocycles. The Labute approximate surface area is 170 Å². The van der Waals surface area contributed by atoms with Gasteiger partial charge in [-0.3, -0.25) is 4.79 Å². The van der Waals surface area contributed by atoms with Gasteiger partial charge < -0.3 is 10.1 Å². The van der Waals surface area contributed by atoms with Gasteiger partial charge in [-0.25, -0.2) is 14.1 Å². The van der Waals surface area contributed by atoms with E-state index in [0.717, 1.165) is 0 Å². The van der Waals surface area contributed by atoms with Crippen LogP contribution in [0.15, 0.2) is 27.5 Å². The summed E-state index contributed by atoms with van der Waals surface area (Å²) in [5.41, 5.74) is -0.734. The molecule has 0 aliphatic heterocycles. The Bertz CT molecular complexity index is 828. The minimum absolute atomic E-state index is 0.0382. The molecule has 0 radical (unpaired) electrons. The van der Waals surface area contributed by atoms with Crippen LogP contribution < -0.4 is 10.5 Å². The zero-order chi connectivity index (χ0) is 21.0. The minimum Gasteiger partial charge on any atom is -0.444 e. The van der Waals surface area contributed by atoms with Gasteiger partial charge in [0, 0.05) is 0 Å². The molecule has 0 saturated carbocycles. The Balaban J connectivity index is 3.17. The van der Waals surface area contributed by atoms with Crippen LogP contribution in [-0.4, -0.2) is 27.9 Å². The van der Waals surface area contributed by atoms with Gasteiger partial charge in [-0.1, -0.05) is 43.1 Å². The molecule has 3 N–H and O–H groups in total. The Morgan fingerprint density at radius 3 is 2.41 bits per heavy atom. The first kappa shape index (κ1) is 23.7. The molecule has 0 heterocycles. The maximum atomic E-state index is 12.8. The van der Waals surface area contributed by atoms with Crippen molar-refractivity contribution in [3.8, 4) is 0 Å². The summed E-state index contributed by atoms with van der Waals surface area (Å²) in [7, 11) is -3.65. The van der Waals surface area contributed by atoms with Gasteiger partial charge in [0.05, 0.1) is 14.9 Å². The number of amides is 2. The number of alkyl carbamates (subject to hydrolysis) is 1. The normalized spacial score (nSPS) is 15.0. The molecule has 0 aliphatic rings. The third-order valence-corrected chi connectivity index (χ3v) is 5.51. The Hall–Kier alpha value is -1.35. The Morgan fingerprint density at radius 2 is 1.89 bits per heavy atom. The molecule has 0 bridgehead atoms. The zero-order valence-electron chi connectivity index (χ0n) is 15.9. The van der Waals surface area contributed by atoms with Crippen molar-refractivity contribution in [2.24, 2.45) is 15.4 Å². The Kier molecular flexibility index (Phi) is 8.10. The van der Waals surface area contributed by atoms with E-state index in [1.54, 1.807) is 20.8 Å². The lowest BCUT2D eigenvalue weighted by molar-refractivity contribution is -0.120. The van der Waals surface area contributed by atoms with E-state index in [9.17, 15) is 13.8 Å². The molecule has 1 aromatic carbocycles. The molecule has 0 saturated heterocycles. The second-order valence-electron chi connectivity index (χ2n) is 7.38. The van der Waals surface area contributed by atoms with Crippen molar-refractivity contribution in [2.45, 2.75) is 57.6 Å². The highest BCUT2D eigenvalue weighted by atomic mass is 35.5. The van der Waals surface area contributed by atoms with Crippen LogP contribution in [-0.2, 0) is 19.4 Å². The SMILES string of the molecule is CC(C)C[C@H](NC(=O)OC(C)(C)C)C(=O)N=S(N)(=O)c1cccc(Cl)c1Cl. The molecule has 2 atom stereocenters. The zero-order valence-corrected chi connectivity index (χ0v) is 18.2. The molecule has 152 valence electrons.